The maximum Gasteiger partial charge on any atom is 0.274 e. The number of benzene rings is 1. The number of carbonyl (C=O) groups is 1. The van der Waals surface area contributed by atoms with Crippen molar-refractivity contribution >= 4 is 23.4 Å². The molecule has 1 N–H and O–H groups in total. The van der Waals surface area contributed by atoms with Crippen molar-refractivity contribution in [1.29, 1.82) is 0 Å². The van der Waals surface area contributed by atoms with Gasteiger partial charge in [0.25, 0.3) is 5.91 Å². The Balaban J connectivity index is 2.11. The number of aromatic nitrogens is 1. The third-order valence-corrected chi connectivity index (χ3v) is 3.04. The highest BCUT2D eigenvalue weighted by atomic mass is 32.2. The molecule has 5 heteroatoms. The number of amides is 1. The number of carbonyl (C=O) groups excluding carboxylic acids is 1. The molecule has 0 saturated heterocycles. The predicted octanol–water partition coefficient (Wildman–Crippen LogP) is 3.19. The zero-order chi connectivity index (χ0) is 13.0. The normalized spacial score (nSPS) is 10.1. The molecule has 2 rings (SSSR count). The maximum atomic E-state index is 12.9. The summed E-state index contributed by atoms with van der Waals surface area (Å²) >= 11 is 1.62. The van der Waals surface area contributed by atoms with Crippen LogP contribution >= 0.6 is 11.8 Å². The number of rotatable bonds is 3. The first kappa shape index (κ1) is 12.6. The van der Waals surface area contributed by atoms with Crippen LogP contribution in [0.3, 0.4) is 0 Å². The summed E-state index contributed by atoms with van der Waals surface area (Å²) in [5.41, 5.74) is 0.716. The fourth-order valence-electron chi connectivity index (χ4n) is 1.40. The van der Waals surface area contributed by atoms with Gasteiger partial charge in [0.05, 0.1) is 0 Å². The lowest BCUT2D eigenvalue weighted by molar-refractivity contribution is 0.102. The van der Waals surface area contributed by atoms with Crippen LogP contribution in [0.2, 0.25) is 0 Å². The Morgan fingerprint density at radius 2 is 1.94 bits per heavy atom. The lowest BCUT2D eigenvalue weighted by atomic mass is 10.3. The summed E-state index contributed by atoms with van der Waals surface area (Å²) in [6.07, 6.45) is 1.98. The second-order valence-electron chi connectivity index (χ2n) is 3.53. The van der Waals surface area contributed by atoms with Crippen molar-refractivity contribution in [3.05, 3.63) is 54.1 Å². The number of pyridine rings is 1. The van der Waals surface area contributed by atoms with Crippen LogP contribution < -0.4 is 5.32 Å². The predicted molar refractivity (Wildman–Crippen MR) is 70.4 cm³/mol. The van der Waals surface area contributed by atoms with Crippen LogP contribution in [0.25, 0.3) is 0 Å². The fraction of sp³-hybridized carbons (Fsp3) is 0.0769. The Morgan fingerprint density at radius 1 is 1.22 bits per heavy atom. The summed E-state index contributed by atoms with van der Waals surface area (Å²) < 4.78 is 12.9. The number of hydrogen-bond acceptors (Lipinski definition) is 3. The molecule has 0 spiro atoms. The molecule has 3 nitrogen and oxygen atoms in total. The molecular weight excluding hydrogens is 251 g/mol. The van der Waals surface area contributed by atoms with E-state index >= 15 is 0 Å². The van der Waals surface area contributed by atoms with Crippen LogP contribution in [0.1, 0.15) is 10.5 Å². The van der Waals surface area contributed by atoms with E-state index in [-0.39, 0.29) is 5.69 Å². The van der Waals surface area contributed by atoms with Gasteiger partial charge < -0.3 is 5.32 Å². The summed E-state index contributed by atoms with van der Waals surface area (Å²) in [6, 6.07) is 11.5. The van der Waals surface area contributed by atoms with Crippen LogP contribution in [0.5, 0.6) is 0 Å². The zero-order valence-corrected chi connectivity index (χ0v) is 10.5. The van der Waals surface area contributed by atoms with Gasteiger partial charge >= 0.3 is 0 Å². The summed E-state index contributed by atoms with van der Waals surface area (Å²) in [4.78, 5) is 16.4. The fourth-order valence-corrected chi connectivity index (χ4v) is 1.81. The van der Waals surface area contributed by atoms with Gasteiger partial charge in [-0.1, -0.05) is 6.07 Å². The molecular formula is C13H11FN2OS. The molecule has 0 aliphatic heterocycles. The molecule has 0 saturated carbocycles. The number of nitrogens with zero attached hydrogens (tertiary/aromatic N) is 1. The zero-order valence-electron chi connectivity index (χ0n) is 9.68. The van der Waals surface area contributed by atoms with Crippen LogP contribution in [0.15, 0.2) is 47.4 Å². The molecule has 0 aliphatic carbocycles. The van der Waals surface area contributed by atoms with Crippen molar-refractivity contribution in [3.63, 3.8) is 0 Å². The first-order valence-electron chi connectivity index (χ1n) is 5.27. The van der Waals surface area contributed by atoms with Crippen molar-refractivity contribution < 1.29 is 9.18 Å². The van der Waals surface area contributed by atoms with E-state index < -0.39 is 11.9 Å². The minimum absolute atomic E-state index is 0.0592. The molecule has 0 radical (unpaired) electrons. The molecule has 92 valence electrons. The summed E-state index contributed by atoms with van der Waals surface area (Å²) in [5.74, 6) is -1.09. The lowest BCUT2D eigenvalue weighted by Gasteiger charge is -2.05. The molecule has 1 heterocycles. The van der Waals surface area contributed by atoms with Crippen LogP contribution in [0, 0.1) is 5.95 Å². The molecule has 0 bridgehead atoms. The van der Waals surface area contributed by atoms with E-state index in [2.05, 4.69) is 10.3 Å². The lowest BCUT2D eigenvalue weighted by Crippen LogP contribution is -2.14. The molecule has 18 heavy (non-hydrogen) atoms. The highest BCUT2D eigenvalue weighted by Gasteiger charge is 2.08. The van der Waals surface area contributed by atoms with E-state index in [0.29, 0.717) is 5.69 Å². The Kier molecular flexibility index (Phi) is 3.94. The number of halogens is 1. The van der Waals surface area contributed by atoms with E-state index in [9.17, 15) is 9.18 Å². The highest BCUT2D eigenvalue weighted by molar-refractivity contribution is 7.98. The molecule has 0 aliphatic rings. The highest BCUT2D eigenvalue weighted by Crippen LogP contribution is 2.17. The number of nitrogens with one attached hydrogen (secondary N) is 1. The van der Waals surface area contributed by atoms with Crippen molar-refractivity contribution in [2.45, 2.75) is 4.90 Å². The molecule has 2 aromatic rings. The van der Waals surface area contributed by atoms with Crippen LogP contribution in [-0.2, 0) is 0 Å². The topological polar surface area (TPSA) is 42.0 Å². The van der Waals surface area contributed by atoms with Gasteiger partial charge in [0.15, 0.2) is 0 Å². The van der Waals surface area contributed by atoms with E-state index in [1.165, 1.54) is 18.2 Å². The second kappa shape index (κ2) is 5.64. The van der Waals surface area contributed by atoms with Crippen LogP contribution in [-0.4, -0.2) is 17.1 Å². The molecule has 0 unspecified atom stereocenters. The monoisotopic (exact) mass is 262 g/mol. The molecule has 1 aromatic heterocycles. The van der Waals surface area contributed by atoms with Crippen LogP contribution in [0.4, 0.5) is 10.1 Å². The third-order valence-electron chi connectivity index (χ3n) is 2.30. The second-order valence-corrected chi connectivity index (χ2v) is 4.41. The summed E-state index contributed by atoms with van der Waals surface area (Å²) in [6.45, 7) is 0. The number of hydrogen-bond donors (Lipinski definition) is 1. The minimum Gasteiger partial charge on any atom is -0.321 e. The van der Waals surface area contributed by atoms with Gasteiger partial charge in [-0.2, -0.15) is 4.39 Å². The first-order valence-corrected chi connectivity index (χ1v) is 6.49. The van der Waals surface area contributed by atoms with Crippen molar-refractivity contribution in [2.75, 3.05) is 11.6 Å². The third kappa shape index (κ3) is 3.07. The van der Waals surface area contributed by atoms with E-state index in [1.54, 1.807) is 23.9 Å². The van der Waals surface area contributed by atoms with Gasteiger partial charge in [0, 0.05) is 10.6 Å². The summed E-state index contributed by atoms with van der Waals surface area (Å²) in [5, 5.41) is 2.66. The quantitative estimate of drug-likeness (QED) is 0.682. The van der Waals surface area contributed by atoms with E-state index in [0.717, 1.165) is 4.90 Å². The van der Waals surface area contributed by atoms with Gasteiger partial charge in [-0.3, -0.25) is 4.79 Å². The Labute approximate surface area is 108 Å². The molecule has 1 aromatic carbocycles. The van der Waals surface area contributed by atoms with E-state index in [4.69, 9.17) is 0 Å². The van der Waals surface area contributed by atoms with Gasteiger partial charge in [0.2, 0.25) is 5.95 Å². The molecule has 1 amide bonds. The van der Waals surface area contributed by atoms with Crippen molar-refractivity contribution in [1.82, 2.24) is 4.98 Å². The average Bonchev–Trinajstić information content (AvgIpc) is 2.39. The average molecular weight is 262 g/mol. The van der Waals surface area contributed by atoms with Gasteiger partial charge in [0.1, 0.15) is 5.69 Å². The number of thioether (sulfide) groups is 1. The smallest absolute Gasteiger partial charge is 0.274 e. The minimum atomic E-state index is -0.666. The Bertz CT molecular complexity index is 557. The van der Waals surface area contributed by atoms with Gasteiger partial charge in [-0.15, -0.1) is 11.8 Å². The molecule has 0 atom stereocenters. The molecule has 0 fully saturated rings. The first-order chi connectivity index (χ1) is 8.69. The summed E-state index contributed by atoms with van der Waals surface area (Å²) in [7, 11) is 0. The maximum absolute atomic E-state index is 12.9. The van der Waals surface area contributed by atoms with Crippen molar-refractivity contribution in [2.24, 2.45) is 0 Å². The number of anilines is 1. The Morgan fingerprint density at radius 3 is 2.56 bits per heavy atom. The Hall–Kier alpha value is -1.88. The van der Waals surface area contributed by atoms with E-state index in [1.807, 2.05) is 18.4 Å². The largest absolute Gasteiger partial charge is 0.321 e. The van der Waals surface area contributed by atoms with Gasteiger partial charge in [-0.25, -0.2) is 4.98 Å². The SMILES string of the molecule is CSc1ccc(NC(=O)c2cccc(F)n2)cc1. The standard InChI is InChI=1S/C13H11FN2OS/c1-18-10-7-5-9(6-8-10)15-13(17)11-3-2-4-12(14)16-11/h2-8H,1H3,(H,15,17). The van der Waals surface area contributed by atoms with Crippen molar-refractivity contribution in [3.8, 4) is 0 Å². The van der Waals surface area contributed by atoms with Gasteiger partial charge in [-0.05, 0) is 42.7 Å².